The number of benzene rings is 1. The van der Waals surface area contributed by atoms with Crippen molar-refractivity contribution in [2.75, 3.05) is 30.4 Å². The molecule has 1 saturated heterocycles. The van der Waals surface area contributed by atoms with Gasteiger partial charge in [-0.25, -0.2) is 4.39 Å². The van der Waals surface area contributed by atoms with Gasteiger partial charge in [-0.15, -0.1) is 12.4 Å². The lowest BCUT2D eigenvalue weighted by Gasteiger charge is -2.18. The van der Waals surface area contributed by atoms with Crippen molar-refractivity contribution in [3.8, 4) is 0 Å². The molecule has 0 saturated carbocycles. The molecule has 0 spiro atoms. The first kappa shape index (κ1) is 14.7. The third kappa shape index (κ3) is 2.88. The fourth-order valence-corrected chi connectivity index (χ4v) is 2.51. The van der Waals surface area contributed by atoms with E-state index in [1.165, 1.54) is 12.1 Å². The quantitative estimate of drug-likeness (QED) is 0.945. The lowest BCUT2D eigenvalue weighted by Crippen LogP contribution is -2.20. The van der Waals surface area contributed by atoms with E-state index in [1.54, 1.807) is 0 Å². The van der Waals surface area contributed by atoms with Crippen molar-refractivity contribution in [2.45, 2.75) is 12.5 Å². The van der Waals surface area contributed by atoms with Crippen molar-refractivity contribution >= 4 is 23.8 Å². The van der Waals surface area contributed by atoms with Crippen molar-refractivity contribution in [1.29, 1.82) is 0 Å². The van der Waals surface area contributed by atoms with E-state index in [0.29, 0.717) is 6.04 Å². The Bertz CT molecular complexity index is 555. The Balaban J connectivity index is 0.00000147. The number of nitrogens with zero attached hydrogens (tertiary/aromatic N) is 3. The minimum Gasteiger partial charge on any atom is -0.386 e. The lowest BCUT2D eigenvalue weighted by atomic mass is 10.3. The summed E-state index contributed by atoms with van der Waals surface area (Å²) in [6.45, 7) is 1.89. The molecule has 0 radical (unpaired) electrons. The third-order valence-corrected chi connectivity index (χ3v) is 3.62. The van der Waals surface area contributed by atoms with E-state index in [4.69, 9.17) is 0 Å². The molecule has 2 heterocycles. The Morgan fingerprint density at radius 1 is 1.30 bits per heavy atom. The van der Waals surface area contributed by atoms with Gasteiger partial charge in [0.25, 0.3) is 0 Å². The highest BCUT2D eigenvalue weighted by Gasteiger charge is 2.24. The highest BCUT2D eigenvalue weighted by atomic mass is 35.5. The molecule has 1 fully saturated rings. The average molecular weight is 297 g/mol. The molecule has 1 aliphatic heterocycles. The largest absolute Gasteiger partial charge is 0.386 e. The minimum absolute atomic E-state index is 0. The van der Waals surface area contributed by atoms with E-state index >= 15 is 0 Å². The van der Waals surface area contributed by atoms with Crippen LogP contribution in [0.5, 0.6) is 0 Å². The summed E-state index contributed by atoms with van der Waals surface area (Å²) in [5.41, 5.74) is 2.10. The molecule has 6 heteroatoms. The van der Waals surface area contributed by atoms with Crippen LogP contribution in [0, 0.1) is 5.82 Å². The summed E-state index contributed by atoms with van der Waals surface area (Å²) in [4.78, 5) is 2.27. The Hall–Kier alpha value is -1.75. The lowest BCUT2D eigenvalue weighted by molar-refractivity contribution is 0.495. The van der Waals surface area contributed by atoms with Gasteiger partial charge < -0.3 is 10.2 Å². The standard InChI is InChI=1S/C14H17FN4.ClH/c1-16-12-8-17-19(9-12)14-6-7-18(10-14)13-4-2-11(15)3-5-13;/h2-5,8-9,14,16H,6-7,10H2,1H3;1H. The van der Waals surface area contributed by atoms with Crippen LogP contribution >= 0.6 is 12.4 Å². The summed E-state index contributed by atoms with van der Waals surface area (Å²) >= 11 is 0. The van der Waals surface area contributed by atoms with Gasteiger partial charge in [-0.05, 0) is 30.7 Å². The number of anilines is 2. The molecule has 3 rings (SSSR count). The summed E-state index contributed by atoms with van der Waals surface area (Å²) in [6, 6.07) is 7.07. The van der Waals surface area contributed by atoms with Crippen LogP contribution in [0.25, 0.3) is 0 Å². The van der Waals surface area contributed by atoms with Crippen LogP contribution in [-0.4, -0.2) is 29.9 Å². The summed E-state index contributed by atoms with van der Waals surface area (Å²) in [5, 5.41) is 7.46. The fourth-order valence-electron chi connectivity index (χ4n) is 2.51. The monoisotopic (exact) mass is 296 g/mol. The molecule has 1 aromatic heterocycles. The topological polar surface area (TPSA) is 33.1 Å². The highest BCUT2D eigenvalue weighted by Crippen LogP contribution is 2.27. The molecule has 2 aromatic rings. The van der Waals surface area contributed by atoms with E-state index in [1.807, 2.05) is 36.3 Å². The Morgan fingerprint density at radius 2 is 2.05 bits per heavy atom. The number of nitrogens with one attached hydrogen (secondary N) is 1. The normalized spacial score (nSPS) is 17.9. The number of hydrogen-bond donors (Lipinski definition) is 1. The van der Waals surface area contributed by atoms with Gasteiger partial charge in [-0.1, -0.05) is 0 Å². The zero-order valence-electron chi connectivity index (χ0n) is 11.3. The maximum Gasteiger partial charge on any atom is 0.123 e. The molecule has 108 valence electrons. The number of hydrogen-bond acceptors (Lipinski definition) is 3. The molecule has 0 amide bonds. The second-order valence-corrected chi connectivity index (χ2v) is 4.82. The van der Waals surface area contributed by atoms with Crippen LogP contribution in [-0.2, 0) is 0 Å². The van der Waals surface area contributed by atoms with Gasteiger partial charge >= 0.3 is 0 Å². The molecule has 1 aromatic carbocycles. The number of halogens is 2. The van der Waals surface area contributed by atoms with Crippen molar-refractivity contribution in [1.82, 2.24) is 9.78 Å². The van der Waals surface area contributed by atoms with Gasteiger partial charge in [0.2, 0.25) is 0 Å². The van der Waals surface area contributed by atoms with Gasteiger partial charge in [0, 0.05) is 32.0 Å². The van der Waals surface area contributed by atoms with Crippen molar-refractivity contribution in [3.05, 3.63) is 42.5 Å². The summed E-state index contributed by atoms with van der Waals surface area (Å²) in [7, 11) is 1.89. The summed E-state index contributed by atoms with van der Waals surface area (Å²) in [5.74, 6) is -0.190. The fraction of sp³-hybridized carbons (Fsp3) is 0.357. The molecule has 0 bridgehead atoms. The molecule has 1 aliphatic rings. The van der Waals surface area contributed by atoms with Crippen molar-refractivity contribution in [2.24, 2.45) is 0 Å². The SMILES string of the molecule is CNc1cnn(C2CCN(c3ccc(F)cc3)C2)c1.Cl. The van der Waals surface area contributed by atoms with Crippen LogP contribution in [0.2, 0.25) is 0 Å². The van der Waals surface area contributed by atoms with Gasteiger partial charge in [0.1, 0.15) is 5.82 Å². The van der Waals surface area contributed by atoms with Crippen LogP contribution < -0.4 is 10.2 Å². The average Bonchev–Trinajstić information content (AvgIpc) is 3.08. The van der Waals surface area contributed by atoms with E-state index in [0.717, 1.165) is 30.9 Å². The van der Waals surface area contributed by atoms with Crippen LogP contribution in [0.15, 0.2) is 36.7 Å². The Kier molecular flexibility index (Phi) is 4.49. The summed E-state index contributed by atoms with van der Waals surface area (Å²) in [6.07, 6.45) is 4.92. The predicted molar refractivity (Wildman–Crippen MR) is 81.3 cm³/mol. The zero-order valence-corrected chi connectivity index (χ0v) is 12.1. The smallest absolute Gasteiger partial charge is 0.123 e. The molecule has 1 atom stereocenters. The van der Waals surface area contributed by atoms with Crippen LogP contribution in [0.4, 0.5) is 15.8 Å². The first-order valence-electron chi connectivity index (χ1n) is 6.48. The Labute approximate surface area is 124 Å². The Morgan fingerprint density at radius 3 is 2.70 bits per heavy atom. The first-order chi connectivity index (χ1) is 9.26. The van der Waals surface area contributed by atoms with Crippen LogP contribution in [0.1, 0.15) is 12.5 Å². The summed E-state index contributed by atoms with van der Waals surface area (Å²) < 4.78 is 14.9. The minimum atomic E-state index is -0.190. The molecule has 1 N–H and O–H groups in total. The number of aromatic nitrogens is 2. The van der Waals surface area contributed by atoms with Crippen LogP contribution in [0.3, 0.4) is 0 Å². The third-order valence-electron chi connectivity index (χ3n) is 3.62. The van der Waals surface area contributed by atoms with Crippen molar-refractivity contribution in [3.63, 3.8) is 0 Å². The molecular formula is C14H18ClFN4. The van der Waals surface area contributed by atoms with Crippen molar-refractivity contribution < 1.29 is 4.39 Å². The first-order valence-corrected chi connectivity index (χ1v) is 6.48. The second kappa shape index (κ2) is 6.13. The molecule has 4 nitrogen and oxygen atoms in total. The predicted octanol–water partition coefficient (Wildman–Crippen LogP) is 2.94. The van der Waals surface area contributed by atoms with E-state index < -0.39 is 0 Å². The molecule has 20 heavy (non-hydrogen) atoms. The van der Waals surface area contributed by atoms with Gasteiger partial charge in [0.05, 0.1) is 17.9 Å². The maximum absolute atomic E-state index is 12.9. The second-order valence-electron chi connectivity index (χ2n) is 4.82. The van der Waals surface area contributed by atoms with Gasteiger partial charge in [0.15, 0.2) is 0 Å². The molecule has 1 unspecified atom stereocenters. The molecule has 0 aliphatic carbocycles. The van der Waals surface area contributed by atoms with E-state index in [2.05, 4.69) is 15.3 Å². The van der Waals surface area contributed by atoms with Gasteiger partial charge in [-0.3, -0.25) is 4.68 Å². The number of rotatable bonds is 3. The zero-order chi connectivity index (χ0) is 13.2. The van der Waals surface area contributed by atoms with E-state index in [-0.39, 0.29) is 18.2 Å². The highest BCUT2D eigenvalue weighted by molar-refractivity contribution is 5.85. The van der Waals surface area contributed by atoms with E-state index in [9.17, 15) is 4.39 Å². The van der Waals surface area contributed by atoms with Gasteiger partial charge in [-0.2, -0.15) is 5.10 Å². The maximum atomic E-state index is 12.9. The molecular weight excluding hydrogens is 279 g/mol.